The van der Waals surface area contributed by atoms with Gasteiger partial charge < -0.3 is 12.4 Å². The van der Waals surface area contributed by atoms with E-state index in [2.05, 4.69) is 19.9 Å². The Bertz CT molecular complexity index is 105. The number of unbranched alkanes of at least 4 members (excludes halogenated alkanes) is 9. The second-order valence-corrected chi connectivity index (χ2v) is 3.73. The number of allylic oxidation sites excluding steroid dienone is 1. The van der Waals surface area contributed by atoms with Crippen LogP contribution in [-0.4, -0.2) is 23.1 Å². The number of rotatable bonds is 10. The minimum Gasteiger partial charge on any atom is -1.00 e. The number of hydrogen-bond donors (Lipinski definition) is 0. The smallest absolute Gasteiger partial charge is 1.00 e. The molecule has 0 saturated heterocycles. The van der Waals surface area contributed by atoms with Gasteiger partial charge in [-0.1, -0.05) is 58.3 Å². The maximum absolute atomic E-state index is 3.67. The van der Waals surface area contributed by atoms with E-state index in [1.54, 1.807) is 0 Å². The second-order valence-electron chi connectivity index (χ2n) is 3.73. The third-order valence-corrected chi connectivity index (χ3v) is 2.39. The van der Waals surface area contributed by atoms with E-state index in [4.69, 9.17) is 0 Å². The van der Waals surface area contributed by atoms with Gasteiger partial charge in [0, 0.05) is 0 Å². The molecule has 0 amide bonds. The van der Waals surface area contributed by atoms with Gasteiger partial charge in [-0.05, 0) is 0 Å². The van der Waals surface area contributed by atoms with Crippen molar-refractivity contribution in [2.75, 3.05) is 0 Å². The number of hydrogen-bond acceptors (Lipinski definition) is 0. The van der Waals surface area contributed by atoms with Crippen molar-refractivity contribution in [1.82, 2.24) is 0 Å². The van der Waals surface area contributed by atoms with Crippen LogP contribution in [0.3, 0.4) is 0 Å². The van der Waals surface area contributed by atoms with E-state index in [0.29, 0.717) is 0 Å². The maximum Gasteiger partial charge on any atom is 2.00 e. The summed E-state index contributed by atoms with van der Waals surface area (Å²) in [4.78, 5) is 0. The van der Waals surface area contributed by atoms with Gasteiger partial charge in [-0.2, -0.15) is 0 Å². The molecule has 0 aliphatic carbocycles. The minimum absolute atomic E-state index is 0. The normalized spacial score (nSPS) is 8.60. The molecule has 0 unspecified atom stereocenters. The van der Waals surface area contributed by atoms with Gasteiger partial charge in [-0.15, -0.1) is 6.42 Å². The molecule has 0 aromatic carbocycles. The summed E-state index contributed by atoms with van der Waals surface area (Å²) in [6.07, 6.45) is 16.6. The molecule has 0 aliphatic heterocycles. The maximum atomic E-state index is 3.67. The van der Waals surface area contributed by atoms with E-state index in [0.717, 1.165) is 0 Å². The average Bonchev–Trinajstić information content (AvgIpc) is 2.16. The van der Waals surface area contributed by atoms with Gasteiger partial charge >= 0.3 is 23.1 Å². The van der Waals surface area contributed by atoms with Crippen molar-refractivity contribution < 1.29 is 12.4 Å². The Kier molecular flexibility index (Phi) is 28.2. The van der Waals surface area contributed by atoms with Crippen molar-refractivity contribution in [3.8, 4) is 0 Å². The van der Waals surface area contributed by atoms with E-state index in [9.17, 15) is 0 Å². The van der Waals surface area contributed by atoms with Gasteiger partial charge in [0.05, 0.1) is 0 Å². The summed E-state index contributed by atoms with van der Waals surface area (Å²) < 4.78 is 0. The first-order valence-electron chi connectivity index (χ1n) is 5.86. The first-order chi connectivity index (χ1) is 6.41. The molecule has 0 fully saturated rings. The van der Waals surface area contributed by atoms with Gasteiger partial charge in [0.2, 0.25) is 0 Å². The summed E-state index contributed by atoms with van der Waals surface area (Å²) in [5.74, 6) is 0. The van der Waals surface area contributed by atoms with Crippen LogP contribution in [0.2, 0.25) is 0 Å². The molecule has 86 valence electrons. The molecule has 2 heteroatoms. The van der Waals surface area contributed by atoms with E-state index in [1.807, 2.05) is 6.08 Å². The van der Waals surface area contributed by atoms with E-state index < -0.39 is 0 Å². The van der Waals surface area contributed by atoms with Crippen molar-refractivity contribution in [2.45, 2.75) is 64.7 Å². The van der Waals surface area contributed by atoms with Gasteiger partial charge in [0.25, 0.3) is 0 Å². The third-order valence-electron chi connectivity index (χ3n) is 2.39. The summed E-state index contributed by atoms with van der Waals surface area (Å²) >= 11 is 0. The summed E-state index contributed by atoms with van der Waals surface area (Å²) in [6, 6.07) is 0. The summed E-state index contributed by atoms with van der Waals surface area (Å²) in [6.45, 7) is 5.94. The molecule has 0 saturated carbocycles. The Morgan fingerprint density at radius 2 is 1.40 bits per heavy atom. The van der Waals surface area contributed by atoms with Crippen LogP contribution in [-0.2, 0) is 0 Å². The third kappa shape index (κ3) is 20.7. The van der Waals surface area contributed by atoms with Crippen LogP contribution in [0.25, 0.3) is 0 Å². The monoisotopic (exact) mass is 240 g/mol. The van der Waals surface area contributed by atoms with Crippen molar-refractivity contribution in [2.24, 2.45) is 0 Å². The fraction of sp³-hybridized carbons (Fsp3) is 0.769. The van der Waals surface area contributed by atoms with Gasteiger partial charge in [-0.3, -0.25) is 0 Å². The molecule has 0 bridgehead atoms. The van der Waals surface area contributed by atoms with Crippen molar-refractivity contribution in [1.29, 1.82) is 0 Å². The molecule has 0 aromatic heterocycles. The quantitative estimate of drug-likeness (QED) is 0.309. The van der Waals surface area contributed by atoms with Gasteiger partial charge in [0.1, 0.15) is 0 Å². The minimum atomic E-state index is 0. The van der Waals surface area contributed by atoms with Crippen LogP contribution in [0.4, 0.5) is 0 Å². The van der Waals surface area contributed by atoms with Crippen molar-refractivity contribution >= 4 is 23.1 Å². The van der Waals surface area contributed by atoms with Crippen LogP contribution in [0.5, 0.6) is 0 Å². The van der Waals surface area contributed by atoms with Crippen LogP contribution in [0.1, 0.15) is 64.7 Å². The van der Waals surface area contributed by atoms with E-state index in [1.165, 1.54) is 57.8 Å². The standard InChI is InChI=1S/C13H25.ClH.Mg/c1-3-5-7-9-11-13-12-10-8-6-4-2;;/h3,5H,1,4,6-13H2,2H3;1H;/q-1;;+2/p-1. The second kappa shape index (κ2) is 20.1. The molecule has 0 atom stereocenters. The van der Waals surface area contributed by atoms with Crippen molar-refractivity contribution in [3.63, 3.8) is 0 Å². The molecule has 0 aliphatic rings. The Balaban J connectivity index is -0.000000720. The summed E-state index contributed by atoms with van der Waals surface area (Å²) in [7, 11) is 0. The van der Waals surface area contributed by atoms with Crippen LogP contribution in [0.15, 0.2) is 12.7 Å². The zero-order valence-electron chi connectivity index (χ0n) is 10.3. The molecule has 15 heavy (non-hydrogen) atoms. The van der Waals surface area contributed by atoms with Gasteiger partial charge in [0.15, 0.2) is 0 Å². The molecule has 0 rings (SSSR count). The fourth-order valence-electron chi connectivity index (χ4n) is 1.51. The topological polar surface area (TPSA) is 0 Å². The molecule has 0 nitrogen and oxygen atoms in total. The van der Waals surface area contributed by atoms with Crippen LogP contribution < -0.4 is 12.4 Å². The average molecular weight is 241 g/mol. The largest absolute Gasteiger partial charge is 2.00 e. The van der Waals surface area contributed by atoms with Crippen LogP contribution in [0, 0.1) is 6.42 Å². The Labute approximate surface area is 119 Å². The predicted octanol–water partition coefficient (Wildman–Crippen LogP) is 1.53. The molecular formula is C13H25ClMg. The first kappa shape index (κ1) is 21.0. The fourth-order valence-corrected chi connectivity index (χ4v) is 1.51. The summed E-state index contributed by atoms with van der Waals surface area (Å²) in [5, 5.41) is 0. The van der Waals surface area contributed by atoms with Gasteiger partial charge in [-0.25, -0.2) is 19.1 Å². The molecule has 0 radical (unpaired) electrons. The zero-order valence-corrected chi connectivity index (χ0v) is 12.5. The Morgan fingerprint density at radius 3 is 1.87 bits per heavy atom. The van der Waals surface area contributed by atoms with E-state index >= 15 is 0 Å². The predicted molar refractivity (Wildman–Crippen MR) is 67.5 cm³/mol. The number of halogens is 1. The van der Waals surface area contributed by atoms with Crippen LogP contribution >= 0.6 is 0 Å². The summed E-state index contributed by atoms with van der Waals surface area (Å²) in [5.41, 5.74) is 0. The Hall–Kier alpha value is 0.666. The molecule has 0 spiro atoms. The Morgan fingerprint density at radius 1 is 0.933 bits per heavy atom. The van der Waals surface area contributed by atoms with Crippen molar-refractivity contribution in [3.05, 3.63) is 19.1 Å². The van der Waals surface area contributed by atoms with E-state index in [-0.39, 0.29) is 35.5 Å². The molecule has 0 heterocycles. The molecule has 0 aromatic rings. The first-order valence-corrected chi connectivity index (χ1v) is 5.86. The zero-order chi connectivity index (χ0) is 9.78. The molecule has 0 N–H and O–H groups in total. The SMILES string of the molecule is C=C[CH-]CCCCCCCCCC.[Cl-].[Mg+2]. The molecular weight excluding hydrogens is 216 g/mol.